The standard InChI is InChI=1S/C34H42N8O4/c1-39-15-17-40(18-16-39)27-8-12-41(13-9-27)30-5-4-26(20-32(30)45-2)37-34-36-11-7-29(38-34)24-3-6-31(25(19-24)21-35)46-28-10-14-42(22-28)33(44)23-43/h3-7,11,19-20,27-28,43H,8-10,12-18,22-23H2,1-2H3,(H,36,37,38). The summed E-state index contributed by atoms with van der Waals surface area (Å²) < 4.78 is 11.9. The van der Waals surface area contributed by atoms with Gasteiger partial charge in [0.05, 0.1) is 30.6 Å². The number of piperazine rings is 1. The van der Waals surface area contributed by atoms with Crippen molar-refractivity contribution in [3.63, 3.8) is 0 Å². The van der Waals surface area contributed by atoms with Crippen molar-refractivity contribution in [2.24, 2.45) is 0 Å². The molecule has 3 aliphatic heterocycles. The number of aromatic nitrogens is 2. The van der Waals surface area contributed by atoms with Crippen LogP contribution in [0.3, 0.4) is 0 Å². The zero-order valence-electron chi connectivity index (χ0n) is 26.6. The minimum atomic E-state index is -0.518. The number of nitrogens with one attached hydrogen (secondary N) is 1. The maximum atomic E-state index is 11.8. The summed E-state index contributed by atoms with van der Waals surface area (Å²) in [4.78, 5) is 30.0. The second-order valence-electron chi connectivity index (χ2n) is 12.2. The van der Waals surface area contributed by atoms with Gasteiger partial charge in [0, 0.05) is 81.8 Å². The normalized spacial score (nSPS) is 19.6. The molecule has 3 fully saturated rings. The Morgan fingerprint density at radius 2 is 1.83 bits per heavy atom. The van der Waals surface area contributed by atoms with Crippen LogP contribution in [-0.2, 0) is 4.79 Å². The maximum Gasteiger partial charge on any atom is 0.248 e. The third-order valence-corrected chi connectivity index (χ3v) is 9.27. The summed E-state index contributed by atoms with van der Waals surface area (Å²) in [5.74, 6) is 1.37. The number of hydrogen-bond acceptors (Lipinski definition) is 11. The molecule has 0 radical (unpaired) electrons. The average Bonchev–Trinajstić information content (AvgIpc) is 3.57. The van der Waals surface area contributed by atoms with Gasteiger partial charge < -0.3 is 34.6 Å². The van der Waals surface area contributed by atoms with Crippen molar-refractivity contribution in [2.45, 2.75) is 31.4 Å². The molecule has 12 heteroatoms. The third kappa shape index (κ3) is 7.17. The van der Waals surface area contributed by atoms with E-state index < -0.39 is 6.61 Å². The molecule has 1 unspecified atom stereocenters. The van der Waals surface area contributed by atoms with Gasteiger partial charge in [0.2, 0.25) is 11.9 Å². The SMILES string of the molecule is COc1cc(Nc2nccc(-c3ccc(OC4CCN(C(=O)CO)C4)c(C#N)c3)n2)ccc1N1CCC(N2CCN(C)CC2)CC1. The molecule has 242 valence electrons. The minimum Gasteiger partial charge on any atom is -0.495 e. The highest BCUT2D eigenvalue weighted by Gasteiger charge is 2.29. The number of methoxy groups -OCH3 is 1. The van der Waals surface area contributed by atoms with E-state index in [1.165, 1.54) is 0 Å². The molecule has 1 aromatic heterocycles. The summed E-state index contributed by atoms with van der Waals surface area (Å²) in [6.07, 6.45) is 4.39. The molecular formula is C34H42N8O4. The van der Waals surface area contributed by atoms with Crippen LogP contribution in [-0.4, -0.2) is 121 Å². The number of aliphatic hydroxyl groups is 1. The molecule has 1 atom stereocenters. The number of carbonyl (C=O) groups is 1. The number of rotatable bonds is 9. The smallest absolute Gasteiger partial charge is 0.248 e. The van der Waals surface area contributed by atoms with E-state index in [0.29, 0.717) is 48.5 Å². The monoisotopic (exact) mass is 626 g/mol. The number of nitriles is 1. The Morgan fingerprint density at radius 3 is 2.57 bits per heavy atom. The fraction of sp³-hybridized carbons (Fsp3) is 0.471. The number of ether oxygens (including phenoxy) is 2. The first-order valence-corrected chi connectivity index (χ1v) is 16.0. The Hall–Kier alpha value is -4.44. The van der Waals surface area contributed by atoms with E-state index in [4.69, 9.17) is 19.6 Å². The van der Waals surface area contributed by atoms with Crippen LogP contribution in [0.25, 0.3) is 11.3 Å². The summed E-state index contributed by atoms with van der Waals surface area (Å²) in [5, 5.41) is 22.3. The number of benzene rings is 2. The van der Waals surface area contributed by atoms with E-state index in [9.17, 15) is 10.1 Å². The lowest BCUT2D eigenvalue weighted by Crippen LogP contribution is -2.52. The van der Waals surface area contributed by atoms with Crippen LogP contribution >= 0.6 is 0 Å². The van der Waals surface area contributed by atoms with Crippen molar-refractivity contribution in [2.75, 3.05) is 83.3 Å². The van der Waals surface area contributed by atoms with Crippen molar-refractivity contribution in [1.82, 2.24) is 24.7 Å². The molecule has 3 aromatic rings. The molecular weight excluding hydrogens is 584 g/mol. The number of anilines is 3. The Morgan fingerprint density at radius 1 is 1.02 bits per heavy atom. The summed E-state index contributed by atoms with van der Waals surface area (Å²) in [6.45, 7) is 7.00. The third-order valence-electron chi connectivity index (χ3n) is 9.27. The van der Waals surface area contributed by atoms with E-state index in [2.05, 4.69) is 44.2 Å². The summed E-state index contributed by atoms with van der Waals surface area (Å²) in [6, 6.07) is 16.1. The Balaban J connectivity index is 1.10. The predicted molar refractivity (Wildman–Crippen MR) is 175 cm³/mol. The van der Waals surface area contributed by atoms with Gasteiger partial charge in [-0.15, -0.1) is 0 Å². The molecule has 1 amide bonds. The number of aliphatic hydroxyl groups excluding tert-OH is 1. The highest BCUT2D eigenvalue weighted by molar-refractivity contribution is 5.77. The first-order chi connectivity index (χ1) is 22.4. The Bertz CT molecular complexity index is 1560. The van der Waals surface area contributed by atoms with Crippen molar-refractivity contribution in [3.8, 4) is 28.8 Å². The molecule has 46 heavy (non-hydrogen) atoms. The van der Waals surface area contributed by atoms with Crippen LogP contribution in [0.15, 0.2) is 48.7 Å². The van der Waals surface area contributed by atoms with Crippen LogP contribution in [0.5, 0.6) is 11.5 Å². The van der Waals surface area contributed by atoms with Gasteiger partial charge in [0.25, 0.3) is 0 Å². The lowest BCUT2D eigenvalue weighted by Gasteiger charge is -2.42. The number of carbonyl (C=O) groups excluding carboxylic acids is 1. The Kier molecular flexibility index (Phi) is 9.82. The van der Waals surface area contributed by atoms with Gasteiger partial charge in [0.1, 0.15) is 30.3 Å². The molecule has 2 aromatic carbocycles. The van der Waals surface area contributed by atoms with Gasteiger partial charge in [-0.05, 0) is 56.3 Å². The fourth-order valence-corrected chi connectivity index (χ4v) is 6.59. The summed E-state index contributed by atoms with van der Waals surface area (Å²) in [7, 11) is 3.90. The molecule has 4 heterocycles. The van der Waals surface area contributed by atoms with E-state index >= 15 is 0 Å². The van der Waals surface area contributed by atoms with E-state index in [0.717, 1.165) is 74.8 Å². The molecule has 3 saturated heterocycles. The van der Waals surface area contributed by atoms with Crippen LogP contribution in [0.4, 0.5) is 17.3 Å². The van der Waals surface area contributed by atoms with Crippen molar-refractivity contribution >= 4 is 23.2 Å². The average molecular weight is 627 g/mol. The zero-order valence-corrected chi connectivity index (χ0v) is 26.6. The van der Waals surface area contributed by atoms with Crippen LogP contribution in [0, 0.1) is 11.3 Å². The number of likely N-dealkylation sites (N-methyl/N-ethyl adjacent to an activating group) is 1. The molecule has 6 rings (SSSR count). The van der Waals surface area contributed by atoms with Gasteiger partial charge in [-0.25, -0.2) is 9.97 Å². The van der Waals surface area contributed by atoms with Gasteiger partial charge in [0.15, 0.2) is 0 Å². The van der Waals surface area contributed by atoms with Crippen LogP contribution < -0.4 is 19.7 Å². The quantitative estimate of drug-likeness (QED) is 0.364. The van der Waals surface area contributed by atoms with Crippen molar-refractivity contribution in [1.29, 1.82) is 5.26 Å². The van der Waals surface area contributed by atoms with Gasteiger partial charge in [-0.3, -0.25) is 9.69 Å². The molecule has 0 bridgehead atoms. The van der Waals surface area contributed by atoms with Gasteiger partial charge >= 0.3 is 0 Å². The zero-order chi connectivity index (χ0) is 32.0. The van der Waals surface area contributed by atoms with E-state index in [1.54, 1.807) is 36.4 Å². The topological polar surface area (TPSA) is 130 Å². The molecule has 2 N–H and O–H groups in total. The molecule has 12 nitrogen and oxygen atoms in total. The van der Waals surface area contributed by atoms with Crippen molar-refractivity contribution in [3.05, 3.63) is 54.2 Å². The van der Waals surface area contributed by atoms with Gasteiger partial charge in [-0.2, -0.15) is 5.26 Å². The molecule has 0 saturated carbocycles. The molecule has 0 spiro atoms. The number of nitrogens with zero attached hydrogens (tertiary/aromatic N) is 7. The summed E-state index contributed by atoms with van der Waals surface area (Å²) in [5.41, 5.74) is 3.71. The summed E-state index contributed by atoms with van der Waals surface area (Å²) >= 11 is 0. The lowest BCUT2D eigenvalue weighted by atomic mass is 10.0. The maximum absolute atomic E-state index is 11.8. The highest BCUT2D eigenvalue weighted by Crippen LogP contribution is 2.35. The lowest BCUT2D eigenvalue weighted by molar-refractivity contribution is -0.133. The second-order valence-corrected chi connectivity index (χ2v) is 12.2. The molecule has 3 aliphatic rings. The minimum absolute atomic E-state index is 0.236. The predicted octanol–water partition coefficient (Wildman–Crippen LogP) is 2.96. The number of piperidine rings is 1. The van der Waals surface area contributed by atoms with Crippen LogP contribution in [0.1, 0.15) is 24.8 Å². The second kappa shape index (κ2) is 14.3. The number of amides is 1. The van der Waals surface area contributed by atoms with Crippen molar-refractivity contribution < 1.29 is 19.4 Å². The largest absolute Gasteiger partial charge is 0.495 e. The van der Waals surface area contributed by atoms with E-state index in [1.807, 2.05) is 18.2 Å². The Labute approximate surface area is 270 Å². The van der Waals surface area contributed by atoms with Crippen LogP contribution in [0.2, 0.25) is 0 Å². The fourth-order valence-electron chi connectivity index (χ4n) is 6.59. The molecule has 0 aliphatic carbocycles. The number of likely N-dealkylation sites (tertiary alicyclic amines) is 1. The number of hydrogen-bond donors (Lipinski definition) is 2. The first kappa shape index (κ1) is 31.5. The highest BCUT2D eigenvalue weighted by atomic mass is 16.5. The first-order valence-electron chi connectivity index (χ1n) is 16.0. The van der Waals surface area contributed by atoms with E-state index in [-0.39, 0.29) is 12.0 Å². The van der Waals surface area contributed by atoms with Gasteiger partial charge in [-0.1, -0.05) is 0 Å².